The Hall–Kier alpha value is -0.620. The molecule has 0 aliphatic rings. The third kappa shape index (κ3) is 2.92. The molecule has 0 aliphatic carbocycles. The lowest BCUT2D eigenvalue weighted by Gasteiger charge is -2.12. The number of hydrogen-bond donors (Lipinski definition) is 1. The van der Waals surface area contributed by atoms with Gasteiger partial charge < -0.3 is 5.11 Å². The van der Waals surface area contributed by atoms with E-state index in [1.165, 1.54) is 0 Å². The summed E-state index contributed by atoms with van der Waals surface area (Å²) < 4.78 is 49.8. The molecule has 1 nitrogen and oxygen atoms in total. The Bertz CT molecular complexity index is 350. The predicted octanol–water partition coefficient (Wildman–Crippen LogP) is 3.27. The van der Waals surface area contributed by atoms with Crippen molar-refractivity contribution in [3.05, 3.63) is 35.1 Å². The van der Waals surface area contributed by atoms with Gasteiger partial charge in [0.05, 0.1) is 11.7 Å². The third-order valence-electron chi connectivity index (χ3n) is 1.83. The molecule has 1 rings (SSSR count). The van der Waals surface area contributed by atoms with E-state index in [1.807, 2.05) is 0 Å². The molecule has 84 valence electrons. The van der Waals surface area contributed by atoms with Crippen molar-refractivity contribution in [3.63, 3.8) is 0 Å². The number of aliphatic hydroxyl groups excluding tert-OH is 1. The summed E-state index contributed by atoms with van der Waals surface area (Å²) in [6.07, 6.45) is -5.82. The third-order valence-corrected chi connectivity index (χ3v) is 2.44. The van der Waals surface area contributed by atoms with E-state index in [9.17, 15) is 22.7 Å². The first kappa shape index (κ1) is 12.4. The highest BCUT2D eigenvalue weighted by Crippen LogP contribution is 2.32. The van der Waals surface area contributed by atoms with Crippen LogP contribution in [0.4, 0.5) is 17.6 Å². The summed E-state index contributed by atoms with van der Waals surface area (Å²) in [5.41, 5.74) is -1.33. The van der Waals surface area contributed by atoms with Gasteiger partial charge >= 0.3 is 6.18 Å². The highest BCUT2D eigenvalue weighted by atomic mass is 79.9. The molecule has 0 aromatic heterocycles. The number of alkyl halides is 4. The molecular weight excluding hydrogens is 280 g/mol. The molecule has 0 saturated carbocycles. The molecule has 1 atom stereocenters. The molecule has 0 aliphatic heterocycles. The molecule has 0 heterocycles. The minimum Gasteiger partial charge on any atom is -0.387 e. The zero-order chi connectivity index (χ0) is 11.6. The van der Waals surface area contributed by atoms with Crippen LogP contribution in [-0.4, -0.2) is 10.4 Å². The van der Waals surface area contributed by atoms with Gasteiger partial charge in [0.2, 0.25) is 0 Å². The van der Waals surface area contributed by atoms with E-state index in [2.05, 4.69) is 15.9 Å². The van der Waals surface area contributed by atoms with E-state index in [4.69, 9.17) is 0 Å². The lowest BCUT2D eigenvalue weighted by atomic mass is 10.1. The minimum atomic E-state index is -4.53. The van der Waals surface area contributed by atoms with Crippen LogP contribution in [0, 0.1) is 5.82 Å². The Labute approximate surface area is 91.9 Å². The van der Waals surface area contributed by atoms with E-state index in [1.54, 1.807) is 0 Å². The maximum atomic E-state index is 13.0. The summed E-state index contributed by atoms with van der Waals surface area (Å²) in [4.78, 5) is 0. The molecular formula is C9H7BrF4O. The van der Waals surface area contributed by atoms with E-state index < -0.39 is 23.7 Å². The van der Waals surface area contributed by atoms with Crippen molar-refractivity contribution in [1.29, 1.82) is 0 Å². The first-order chi connectivity index (χ1) is 6.86. The molecule has 15 heavy (non-hydrogen) atoms. The SMILES string of the molecule is OC(CBr)c1cc(C(F)(F)F)ccc1F. The summed E-state index contributed by atoms with van der Waals surface area (Å²) in [5.74, 6) is -0.852. The van der Waals surface area contributed by atoms with Gasteiger partial charge in [-0.15, -0.1) is 0 Å². The fraction of sp³-hybridized carbons (Fsp3) is 0.333. The van der Waals surface area contributed by atoms with Crippen molar-refractivity contribution in [2.24, 2.45) is 0 Å². The second-order valence-electron chi connectivity index (χ2n) is 2.90. The topological polar surface area (TPSA) is 20.2 Å². The molecule has 6 heteroatoms. The van der Waals surface area contributed by atoms with Gasteiger partial charge in [0.15, 0.2) is 0 Å². The fourth-order valence-corrected chi connectivity index (χ4v) is 1.41. The second kappa shape index (κ2) is 4.49. The maximum Gasteiger partial charge on any atom is 0.416 e. The van der Waals surface area contributed by atoms with Crippen LogP contribution in [0.5, 0.6) is 0 Å². The average molecular weight is 287 g/mol. The van der Waals surface area contributed by atoms with E-state index in [0.29, 0.717) is 18.2 Å². The molecule has 0 radical (unpaired) electrons. The zero-order valence-corrected chi connectivity index (χ0v) is 8.94. The summed E-state index contributed by atoms with van der Waals surface area (Å²) in [7, 11) is 0. The highest BCUT2D eigenvalue weighted by molar-refractivity contribution is 9.09. The lowest BCUT2D eigenvalue weighted by Crippen LogP contribution is -2.09. The quantitative estimate of drug-likeness (QED) is 0.654. The first-order valence-electron chi connectivity index (χ1n) is 3.97. The number of benzene rings is 1. The first-order valence-corrected chi connectivity index (χ1v) is 5.09. The molecule has 1 aromatic rings. The number of hydrogen-bond acceptors (Lipinski definition) is 1. The summed E-state index contributed by atoms with van der Waals surface area (Å²) >= 11 is 2.86. The second-order valence-corrected chi connectivity index (χ2v) is 3.55. The Balaban J connectivity index is 3.17. The van der Waals surface area contributed by atoms with Crippen molar-refractivity contribution in [3.8, 4) is 0 Å². The molecule has 0 bridgehead atoms. The van der Waals surface area contributed by atoms with Crippen molar-refractivity contribution in [1.82, 2.24) is 0 Å². The van der Waals surface area contributed by atoms with Crippen LogP contribution in [0.15, 0.2) is 18.2 Å². The van der Waals surface area contributed by atoms with Crippen LogP contribution in [0.25, 0.3) is 0 Å². The lowest BCUT2D eigenvalue weighted by molar-refractivity contribution is -0.137. The van der Waals surface area contributed by atoms with Crippen LogP contribution in [0.1, 0.15) is 17.2 Å². The molecule has 0 amide bonds. The van der Waals surface area contributed by atoms with E-state index in [-0.39, 0.29) is 10.9 Å². The van der Waals surface area contributed by atoms with Gasteiger partial charge in [0.25, 0.3) is 0 Å². The summed E-state index contributed by atoms with van der Waals surface area (Å²) in [5, 5.41) is 9.22. The minimum absolute atomic E-state index is 0.0226. The smallest absolute Gasteiger partial charge is 0.387 e. The number of rotatable bonds is 2. The van der Waals surface area contributed by atoms with E-state index in [0.717, 1.165) is 0 Å². The monoisotopic (exact) mass is 286 g/mol. The largest absolute Gasteiger partial charge is 0.416 e. The van der Waals surface area contributed by atoms with Crippen molar-refractivity contribution >= 4 is 15.9 Å². The molecule has 0 saturated heterocycles. The molecule has 1 unspecified atom stereocenters. The summed E-state index contributed by atoms with van der Waals surface area (Å²) in [6, 6.07) is 1.95. The Morgan fingerprint density at radius 1 is 1.33 bits per heavy atom. The standard InChI is InChI=1S/C9H7BrF4O/c10-4-8(15)6-3-5(9(12,13)14)1-2-7(6)11/h1-3,8,15H,4H2. The molecule has 0 fully saturated rings. The Kier molecular flexibility index (Phi) is 3.72. The van der Waals surface area contributed by atoms with Gasteiger partial charge in [0, 0.05) is 10.9 Å². The Morgan fingerprint density at radius 2 is 1.93 bits per heavy atom. The van der Waals surface area contributed by atoms with Gasteiger partial charge in [-0.2, -0.15) is 13.2 Å². The van der Waals surface area contributed by atoms with Crippen molar-refractivity contribution < 1.29 is 22.7 Å². The number of aliphatic hydroxyl groups is 1. The van der Waals surface area contributed by atoms with Crippen LogP contribution in [0.2, 0.25) is 0 Å². The average Bonchev–Trinajstić information content (AvgIpc) is 2.15. The van der Waals surface area contributed by atoms with Gasteiger partial charge in [-0.1, -0.05) is 15.9 Å². The van der Waals surface area contributed by atoms with Crippen LogP contribution >= 0.6 is 15.9 Å². The predicted molar refractivity (Wildman–Crippen MR) is 50.2 cm³/mol. The van der Waals surface area contributed by atoms with Crippen molar-refractivity contribution in [2.45, 2.75) is 12.3 Å². The van der Waals surface area contributed by atoms with Gasteiger partial charge in [-0.25, -0.2) is 4.39 Å². The van der Waals surface area contributed by atoms with Crippen LogP contribution in [-0.2, 0) is 6.18 Å². The summed E-state index contributed by atoms with van der Waals surface area (Å²) in [6.45, 7) is 0. The van der Waals surface area contributed by atoms with Crippen LogP contribution < -0.4 is 0 Å². The highest BCUT2D eigenvalue weighted by Gasteiger charge is 2.31. The normalized spacial score (nSPS) is 14.0. The molecule has 1 aromatic carbocycles. The van der Waals surface area contributed by atoms with Crippen molar-refractivity contribution in [2.75, 3.05) is 5.33 Å². The zero-order valence-electron chi connectivity index (χ0n) is 7.35. The van der Waals surface area contributed by atoms with Crippen LogP contribution in [0.3, 0.4) is 0 Å². The fourth-order valence-electron chi connectivity index (χ4n) is 1.06. The number of halogens is 5. The molecule has 0 spiro atoms. The molecule has 1 N–H and O–H groups in total. The van der Waals surface area contributed by atoms with Gasteiger partial charge in [0.1, 0.15) is 5.82 Å². The Morgan fingerprint density at radius 3 is 2.40 bits per heavy atom. The maximum absolute atomic E-state index is 13.0. The van der Waals surface area contributed by atoms with E-state index >= 15 is 0 Å². The van der Waals surface area contributed by atoms with Gasteiger partial charge in [-0.3, -0.25) is 0 Å². The van der Waals surface area contributed by atoms with Gasteiger partial charge in [-0.05, 0) is 18.2 Å².